The van der Waals surface area contributed by atoms with Gasteiger partial charge in [0, 0.05) is 52.4 Å². The van der Waals surface area contributed by atoms with Crippen molar-refractivity contribution in [3.8, 4) is 0 Å². The molecule has 1 aromatic rings. The normalized spacial score (nSPS) is 23.6. The summed E-state index contributed by atoms with van der Waals surface area (Å²) in [7, 11) is 0. The summed E-state index contributed by atoms with van der Waals surface area (Å²) in [5.41, 5.74) is 0. The maximum absolute atomic E-state index is 12.2. The highest BCUT2D eigenvalue weighted by Crippen LogP contribution is 2.18. The molecule has 7 heteroatoms. The lowest BCUT2D eigenvalue weighted by Crippen LogP contribution is -2.49. The molecular weight excluding hydrogens is 270 g/mol. The predicted molar refractivity (Wildman–Crippen MR) is 76.6 cm³/mol. The third-order valence-corrected chi connectivity index (χ3v) is 4.32. The molecule has 0 radical (unpaired) electrons. The van der Waals surface area contributed by atoms with Crippen molar-refractivity contribution in [2.24, 2.45) is 5.92 Å². The Bertz CT molecular complexity index is 436. The minimum absolute atomic E-state index is 0.293. The van der Waals surface area contributed by atoms with E-state index in [1.54, 1.807) is 12.7 Å². The van der Waals surface area contributed by atoms with Crippen molar-refractivity contribution in [3.05, 3.63) is 12.7 Å². The van der Waals surface area contributed by atoms with E-state index >= 15 is 0 Å². The predicted octanol–water partition coefficient (Wildman–Crippen LogP) is -0.151. The lowest BCUT2D eigenvalue weighted by Gasteiger charge is -2.35. The van der Waals surface area contributed by atoms with Crippen LogP contribution in [0.4, 0.5) is 0 Å². The van der Waals surface area contributed by atoms with Crippen molar-refractivity contribution in [2.75, 3.05) is 45.9 Å². The molecule has 21 heavy (non-hydrogen) atoms. The second-order valence-corrected chi connectivity index (χ2v) is 5.81. The quantitative estimate of drug-likeness (QED) is 0.755. The van der Waals surface area contributed by atoms with E-state index in [1.165, 1.54) is 0 Å². The topological polar surface area (TPSA) is 63.5 Å². The van der Waals surface area contributed by atoms with Gasteiger partial charge in [-0.05, 0) is 12.3 Å². The zero-order valence-corrected chi connectivity index (χ0v) is 12.4. The summed E-state index contributed by atoms with van der Waals surface area (Å²) in [6, 6.07) is 0. The van der Waals surface area contributed by atoms with Crippen LogP contribution in [0, 0.1) is 5.92 Å². The van der Waals surface area contributed by atoms with E-state index in [9.17, 15) is 4.79 Å². The Kier molecular flexibility index (Phi) is 4.82. The summed E-state index contributed by atoms with van der Waals surface area (Å²) >= 11 is 0. The molecule has 7 nitrogen and oxygen atoms in total. The van der Waals surface area contributed by atoms with Gasteiger partial charge in [-0.25, -0.2) is 4.98 Å². The average Bonchev–Trinajstić information content (AvgIpc) is 3.19. The van der Waals surface area contributed by atoms with Crippen molar-refractivity contribution in [2.45, 2.75) is 19.4 Å². The van der Waals surface area contributed by atoms with Crippen molar-refractivity contribution in [1.29, 1.82) is 0 Å². The number of aromatic nitrogens is 3. The molecule has 1 amide bonds. The Balaban J connectivity index is 1.37. The third kappa shape index (κ3) is 4.01. The number of hydrogen-bond acceptors (Lipinski definition) is 5. The monoisotopic (exact) mass is 293 g/mol. The number of amides is 1. The Labute approximate surface area is 124 Å². The lowest BCUT2D eigenvalue weighted by atomic mass is 10.0. The van der Waals surface area contributed by atoms with Crippen molar-refractivity contribution >= 4 is 5.91 Å². The summed E-state index contributed by atoms with van der Waals surface area (Å²) in [5.74, 6) is 0.726. The molecule has 0 aliphatic carbocycles. The van der Waals surface area contributed by atoms with Crippen LogP contribution in [-0.2, 0) is 16.1 Å². The van der Waals surface area contributed by atoms with E-state index in [4.69, 9.17) is 4.74 Å². The molecule has 0 N–H and O–H groups in total. The number of carbonyl (C=O) groups excluding carboxylic acids is 1. The van der Waals surface area contributed by atoms with Crippen LogP contribution in [0.1, 0.15) is 12.8 Å². The van der Waals surface area contributed by atoms with Gasteiger partial charge in [0.2, 0.25) is 5.91 Å². The highest BCUT2D eigenvalue weighted by atomic mass is 16.5. The number of rotatable bonds is 5. The first kappa shape index (κ1) is 14.5. The van der Waals surface area contributed by atoms with Gasteiger partial charge < -0.3 is 9.64 Å². The molecule has 2 fully saturated rings. The van der Waals surface area contributed by atoms with Crippen LogP contribution >= 0.6 is 0 Å². The van der Waals surface area contributed by atoms with Gasteiger partial charge in [0.1, 0.15) is 12.7 Å². The molecule has 0 aromatic carbocycles. The van der Waals surface area contributed by atoms with Crippen LogP contribution < -0.4 is 0 Å². The number of hydrogen-bond donors (Lipinski definition) is 0. The van der Waals surface area contributed by atoms with Crippen LogP contribution in [0.3, 0.4) is 0 Å². The number of piperazine rings is 1. The van der Waals surface area contributed by atoms with Gasteiger partial charge in [-0.3, -0.25) is 14.4 Å². The highest BCUT2D eigenvalue weighted by Gasteiger charge is 2.25. The molecular formula is C14H23N5O2. The van der Waals surface area contributed by atoms with Gasteiger partial charge >= 0.3 is 0 Å². The summed E-state index contributed by atoms with van der Waals surface area (Å²) in [5, 5.41) is 4.10. The smallest absolute Gasteiger partial charge is 0.223 e. The van der Waals surface area contributed by atoms with E-state index in [0.29, 0.717) is 18.2 Å². The molecule has 3 rings (SSSR count). The minimum atomic E-state index is 0.293. The Morgan fingerprint density at radius 2 is 2.10 bits per heavy atom. The standard InChI is InChI=1S/C14H23N5O2/c20-14(9-13-1-8-21-10-13)18-5-2-17(3-6-18)4-7-19-12-15-11-16-19/h11-13H,1-10H2/t13-/m1/s1. The molecule has 3 heterocycles. The summed E-state index contributed by atoms with van der Waals surface area (Å²) in [6.07, 6.45) is 4.98. The summed E-state index contributed by atoms with van der Waals surface area (Å²) < 4.78 is 7.18. The SMILES string of the molecule is O=C(C[C@H]1CCOC1)N1CCN(CCn2cncn2)CC1. The Hall–Kier alpha value is -1.47. The first-order valence-electron chi connectivity index (χ1n) is 7.71. The van der Waals surface area contributed by atoms with Crippen LogP contribution in [0.15, 0.2) is 12.7 Å². The van der Waals surface area contributed by atoms with Crippen LogP contribution in [0.2, 0.25) is 0 Å². The highest BCUT2D eigenvalue weighted by molar-refractivity contribution is 5.76. The molecule has 0 spiro atoms. The Morgan fingerprint density at radius 3 is 2.76 bits per heavy atom. The van der Waals surface area contributed by atoms with Crippen LogP contribution in [-0.4, -0.2) is 76.4 Å². The van der Waals surface area contributed by atoms with Gasteiger partial charge in [-0.15, -0.1) is 0 Å². The maximum atomic E-state index is 12.2. The molecule has 2 aliphatic rings. The maximum Gasteiger partial charge on any atom is 0.223 e. The molecule has 1 atom stereocenters. The van der Waals surface area contributed by atoms with Crippen molar-refractivity contribution in [1.82, 2.24) is 24.6 Å². The molecule has 2 aliphatic heterocycles. The van der Waals surface area contributed by atoms with Crippen molar-refractivity contribution in [3.63, 3.8) is 0 Å². The second-order valence-electron chi connectivity index (χ2n) is 5.81. The van der Waals surface area contributed by atoms with Gasteiger partial charge in [-0.1, -0.05) is 0 Å². The largest absolute Gasteiger partial charge is 0.381 e. The van der Waals surface area contributed by atoms with E-state index < -0.39 is 0 Å². The molecule has 1 aromatic heterocycles. The average molecular weight is 293 g/mol. The first-order valence-corrected chi connectivity index (χ1v) is 7.71. The fourth-order valence-electron chi connectivity index (χ4n) is 2.93. The second kappa shape index (κ2) is 7.00. The summed E-state index contributed by atoms with van der Waals surface area (Å²) in [4.78, 5) is 20.6. The zero-order chi connectivity index (χ0) is 14.5. The molecule has 0 unspecified atom stereocenters. The molecule has 0 saturated carbocycles. The van der Waals surface area contributed by atoms with E-state index in [1.807, 2.05) is 9.58 Å². The van der Waals surface area contributed by atoms with Crippen LogP contribution in [0.5, 0.6) is 0 Å². The third-order valence-electron chi connectivity index (χ3n) is 4.32. The van der Waals surface area contributed by atoms with E-state index in [-0.39, 0.29) is 0 Å². The fourth-order valence-corrected chi connectivity index (χ4v) is 2.93. The molecule has 116 valence electrons. The Morgan fingerprint density at radius 1 is 1.24 bits per heavy atom. The summed E-state index contributed by atoms with van der Waals surface area (Å²) in [6.45, 7) is 6.95. The van der Waals surface area contributed by atoms with Crippen molar-refractivity contribution < 1.29 is 9.53 Å². The first-order chi connectivity index (χ1) is 10.3. The number of ether oxygens (including phenoxy) is 1. The van der Waals surface area contributed by atoms with E-state index in [2.05, 4.69) is 15.0 Å². The van der Waals surface area contributed by atoms with E-state index in [0.717, 1.165) is 58.9 Å². The van der Waals surface area contributed by atoms with Gasteiger partial charge in [0.05, 0.1) is 6.54 Å². The lowest BCUT2D eigenvalue weighted by molar-refractivity contribution is -0.134. The number of nitrogens with zero attached hydrogens (tertiary/aromatic N) is 5. The fraction of sp³-hybridized carbons (Fsp3) is 0.786. The minimum Gasteiger partial charge on any atom is -0.381 e. The van der Waals surface area contributed by atoms with Gasteiger partial charge in [-0.2, -0.15) is 5.10 Å². The molecule has 2 saturated heterocycles. The van der Waals surface area contributed by atoms with Crippen LogP contribution in [0.25, 0.3) is 0 Å². The van der Waals surface area contributed by atoms with Gasteiger partial charge in [0.15, 0.2) is 0 Å². The molecule has 0 bridgehead atoms. The zero-order valence-electron chi connectivity index (χ0n) is 12.4. The number of carbonyl (C=O) groups is 1. The van der Waals surface area contributed by atoms with Gasteiger partial charge in [0.25, 0.3) is 0 Å².